The minimum absolute atomic E-state index is 0.0875. The summed E-state index contributed by atoms with van der Waals surface area (Å²) in [5.41, 5.74) is 0. The lowest BCUT2D eigenvalue weighted by atomic mass is 9.99. The molecule has 0 bridgehead atoms. The van der Waals surface area contributed by atoms with E-state index in [2.05, 4.69) is 5.32 Å². The summed E-state index contributed by atoms with van der Waals surface area (Å²) < 4.78 is 0. The molecule has 0 aromatic heterocycles. The number of hydrogen-bond donors (Lipinski definition) is 2. The number of carboxylic acid groups (broad SMARTS) is 1. The Kier molecular flexibility index (Phi) is 8.63. The van der Waals surface area contributed by atoms with Crippen molar-refractivity contribution in [1.82, 2.24) is 10.2 Å². The SMILES string of the molecule is CCC(CSC)N(C)C(=O)N[C@H](C(=O)O)[C@@H](C)CC. The number of urea groups is 1. The number of hydrogen-bond acceptors (Lipinski definition) is 3. The lowest BCUT2D eigenvalue weighted by Crippen LogP contribution is -2.52. The maximum atomic E-state index is 12.1. The maximum absolute atomic E-state index is 12.1. The third-order valence-electron chi connectivity index (χ3n) is 3.46. The van der Waals surface area contributed by atoms with Crippen LogP contribution in [0.1, 0.15) is 33.6 Å². The lowest BCUT2D eigenvalue weighted by molar-refractivity contribution is -0.140. The number of rotatable bonds is 8. The van der Waals surface area contributed by atoms with Crippen molar-refractivity contribution >= 4 is 23.8 Å². The number of nitrogens with one attached hydrogen (secondary N) is 1. The van der Waals surface area contributed by atoms with Crippen molar-refractivity contribution in [2.45, 2.75) is 45.7 Å². The van der Waals surface area contributed by atoms with Gasteiger partial charge in [0.05, 0.1) is 0 Å². The zero-order chi connectivity index (χ0) is 15.0. The van der Waals surface area contributed by atoms with E-state index < -0.39 is 12.0 Å². The van der Waals surface area contributed by atoms with Gasteiger partial charge in [-0.3, -0.25) is 0 Å². The second kappa shape index (κ2) is 9.07. The summed E-state index contributed by atoms with van der Waals surface area (Å²) in [4.78, 5) is 24.9. The Morgan fingerprint density at radius 1 is 1.32 bits per heavy atom. The Bertz CT molecular complexity index is 300. The Morgan fingerprint density at radius 2 is 1.89 bits per heavy atom. The van der Waals surface area contributed by atoms with Crippen molar-refractivity contribution in [3.8, 4) is 0 Å². The lowest BCUT2D eigenvalue weighted by Gasteiger charge is -2.29. The van der Waals surface area contributed by atoms with E-state index in [1.165, 1.54) is 0 Å². The van der Waals surface area contributed by atoms with Gasteiger partial charge in [0.25, 0.3) is 0 Å². The standard InChI is InChI=1S/C13H26N2O3S/c1-6-9(3)11(12(16)17)14-13(18)15(4)10(7-2)8-19-5/h9-11H,6-8H2,1-5H3,(H,14,18)(H,16,17)/t9-,10?,11-/m0/s1. The van der Waals surface area contributed by atoms with Crippen LogP contribution in [0.4, 0.5) is 4.79 Å². The normalized spacial score (nSPS) is 15.4. The summed E-state index contributed by atoms with van der Waals surface area (Å²) in [6, 6.07) is -1.01. The van der Waals surface area contributed by atoms with E-state index in [4.69, 9.17) is 5.11 Å². The van der Waals surface area contributed by atoms with Gasteiger partial charge in [-0.1, -0.05) is 27.2 Å². The van der Waals surface area contributed by atoms with E-state index in [0.717, 1.165) is 12.2 Å². The third-order valence-corrected chi connectivity index (χ3v) is 4.17. The van der Waals surface area contributed by atoms with Gasteiger partial charge in [0.1, 0.15) is 6.04 Å². The predicted molar refractivity (Wildman–Crippen MR) is 79.6 cm³/mol. The third kappa shape index (κ3) is 5.72. The summed E-state index contributed by atoms with van der Waals surface area (Å²) in [6.45, 7) is 5.77. The fourth-order valence-corrected chi connectivity index (χ4v) is 2.62. The van der Waals surface area contributed by atoms with Gasteiger partial charge < -0.3 is 15.3 Å². The zero-order valence-corrected chi connectivity index (χ0v) is 13.3. The first kappa shape index (κ1) is 18.1. The molecule has 0 saturated heterocycles. The first-order valence-corrected chi connectivity index (χ1v) is 8.03. The number of aliphatic carboxylic acids is 1. The van der Waals surface area contributed by atoms with Crippen molar-refractivity contribution in [2.24, 2.45) is 5.92 Å². The van der Waals surface area contributed by atoms with E-state index in [-0.39, 0.29) is 18.0 Å². The van der Waals surface area contributed by atoms with Gasteiger partial charge >= 0.3 is 12.0 Å². The molecule has 112 valence electrons. The highest BCUT2D eigenvalue weighted by Gasteiger charge is 2.28. The molecule has 6 heteroatoms. The second-order valence-electron chi connectivity index (χ2n) is 4.78. The van der Waals surface area contributed by atoms with Crippen LogP contribution in [0.3, 0.4) is 0 Å². The van der Waals surface area contributed by atoms with Gasteiger partial charge in [-0.2, -0.15) is 11.8 Å². The maximum Gasteiger partial charge on any atom is 0.326 e. The molecule has 0 aromatic rings. The molecule has 5 nitrogen and oxygen atoms in total. The molecule has 0 aliphatic carbocycles. The van der Waals surface area contributed by atoms with E-state index in [0.29, 0.717) is 6.42 Å². The van der Waals surface area contributed by atoms with Gasteiger partial charge in [0.2, 0.25) is 0 Å². The number of carboxylic acids is 1. The molecule has 0 rings (SSSR count). The number of carbonyl (C=O) groups is 2. The largest absolute Gasteiger partial charge is 0.480 e. The molecule has 0 saturated carbocycles. The van der Waals surface area contributed by atoms with Crippen LogP contribution < -0.4 is 5.32 Å². The molecule has 0 heterocycles. The minimum Gasteiger partial charge on any atom is -0.480 e. The molecule has 0 radical (unpaired) electrons. The molecule has 0 spiro atoms. The molecule has 3 atom stereocenters. The quantitative estimate of drug-likeness (QED) is 0.719. The van der Waals surface area contributed by atoms with Gasteiger partial charge in [0, 0.05) is 18.8 Å². The topological polar surface area (TPSA) is 69.6 Å². The number of carbonyl (C=O) groups excluding carboxylic acids is 1. The molecule has 0 aromatic carbocycles. The predicted octanol–water partition coefficient (Wildman–Crippen LogP) is 2.27. The van der Waals surface area contributed by atoms with Crippen molar-refractivity contribution in [3.05, 3.63) is 0 Å². The highest BCUT2D eigenvalue weighted by molar-refractivity contribution is 7.98. The van der Waals surface area contributed by atoms with Gasteiger partial charge in [-0.05, 0) is 18.6 Å². The van der Waals surface area contributed by atoms with Gasteiger partial charge in [0.15, 0.2) is 0 Å². The molecule has 1 unspecified atom stereocenters. The van der Waals surface area contributed by atoms with Crippen molar-refractivity contribution in [1.29, 1.82) is 0 Å². The van der Waals surface area contributed by atoms with Crippen molar-refractivity contribution < 1.29 is 14.7 Å². The highest BCUT2D eigenvalue weighted by Crippen LogP contribution is 2.11. The molecular formula is C13H26N2O3S. The van der Waals surface area contributed by atoms with Gasteiger partial charge in [-0.15, -0.1) is 0 Å². The smallest absolute Gasteiger partial charge is 0.326 e. The molecule has 2 N–H and O–H groups in total. The van der Waals surface area contributed by atoms with Crippen molar-refractivity contribution in [2.75, 3.05) is 19.1 Å². The first-order valence-electron chi connectivity index (χ1n) is 6.63. The summed E-state index contributed by atoms with van der Waals surface area (Å²) in [5, 5.41) is 11.8. The fourth-order valence-electron chi connectivity index (χ4n) is 1.78. The van der Waals surface area contributed by atoms with Crippen LogP contribution in [0.2, 0.25) is 0 Å². The molecule has 2 amide bonds. The van der Waals surface area contributed by atoms with Crippen LogP contribution in [0, 0.1) is 5.92 Å². The Balaban J connectivity index is 4.67. The summed E-state index contributed by atoms with van der Waals surface area (Å²) in [5.74, 6) is -0.217. The molecule has 19 heavy (non-hydrogen) atoms. The van der Waals surface area contributed by atoms with Crippen LogP contribution in [0.5, 0.6) is 0 Å². The Hall–Kier alpha value is -0.910. The first-order chi connectivity index (χ1) is 8.88. The van der Waals surface area contributed by atoms with Gasteiger partial charge in [-0.25, -0.2) is 9.59 Å². The van der Waals surface area contributed by atoms with Crippen LogP contribution >= 0.6 is 11.8 Å². The Labute approximate surface area is 120 Å². The molecule has 0 aliphatic heterocycles. The number of nitrogens with zero attached hydrogens (tertiary/aromatic N) is 1. The van der Waals surface area contributed by atoms with E-state index in [9.17, 15) is 9.59 Å². The Morgan fingerprint density at radius 3 is 2.26 bits per heavy atom. The molecule has 0 aliphatic rings. The van der Waals surface area contributed by atoms with E-state index in [1.54, 1.807) is 23.7 Å². The highest BCUT2D eigenvalue weighted by atomic mass is 32.2. The van der Waals surface area contributed by atoms with Crippen LogP contribution in [0.25, 0.3) is 0 Å². The summed E-state index contributed by atoms with van der Waals surface area (Å²) in [7, 11) is 1.72. The molecular weight excluding hydrogens is 264 g/mol. The number of thioether (sulfide) groups is 1. The second-order valence-corrected chi connectivity index (χ2v) is 5.69. The van der Waals surface area contributed by atoms with Crippen LogP contribution in [-0.2, 0) is 4.79 Å². The van der Waals surface area contributed by atoms with Crippen molar-refractivity contribution in [3.63, 3.8) is 0 Å². The van der Waals surface area contributed by atoms with E-state index in [1.807, 2.05) is 27.0 Å². The van der Waals surface area contributed by atoms with Crippen LogP contribution in [-0.4, -0.2) is 53.1 Å². The van der Waals surface area contributed by atoms with Crippen LogP contribution in [0.15, 0.2) is 0 Å². The fraction of sp³-hybridized carbons (Fsp3) is 0.846. The average molecular weight is 290 g/mol. The zero-order valence-electron chi connectivity index (χ0n) is 12.5. The minimum atomic E-state index is -0.978. The summed E-state index contributed by atoms with van der Waals surface area (Å²) in [6.07, 6.45) is 3.56. The average Bonchev–Trinajstić information content (AvgIpc) is 2.39. The molecule has 0 fully saturated rings. The summed E-state index contributed by atoms with van der Waals surface area (Å²) >= 11 is 1.68. The number of amides is 2. The monoisotopic (exact) mass is 290 g/mol. The van der Waals surface area contributed by atoms with E-state index >= 15 is 0 Å².